The Kier molecular flexibility index (Phi) is 7.73. The third kappa shape index (κ3) is 6.68. The molecule has 0 saturated carbocycles. The summed E-state index contributed by atoms with van der Waals surface area (Å²) >= 11 is -0.182. The molecule has 156 valence electrons. The Morgan fingerprint density at radius 1 is 1.32 bits per heavy atom. The monoisotopic (exact) mass is 419 g/mol. The Hall–Kier alpha value is -1.78. The SMILES string of the molecule is COCC1NC(=O)CC(C(=O)N[C@@H](c2ccc(SC(F)(F)F)cc2)C(C)C)N1. The molecule has 2 unspecified atom stereocenters. The lowest BCUT2D eigenvalue weighted by molar-refractivity contribution is -0.133. The molecule has 1 fully saturated rings. The fourth-order valence-corrected chi connectivity index (χ4v) is 3.51. The third-order valence-electron chi connectivity index (χ3n) is 4.21. The fourth-order valence-electron chi connectivity index (χ4n) is 2.97. The van der Waals surface area contributed by atoms with Crippen LogP contribution in [0.15, 0.2) is 29.2 Å². The molecule has 3 N–H and O–H groups in total. The van der Waals surface area contributed by atoms with Gasteiger partial charge in [0.05, 0.1) is 25.1 Å². The highest BCUT2D eigenvalue weighted by atomic mass is 32.2. The number of methoxy groups -OCH3 is 1. The van der Waals surface area contributed by atoms with Crippen molar-refractivity contribution in [3.63, 3.8) is 0 Å². The van der Waals surface area contributed by atoms with E-state index in [9.17, 15) is 22.8 Å². The van der Waals surface area contributed by atoms with Gasteiger partial charge in [-0.2, -0.15) is 13.2 Å². The lowest BCUT2D eigenvalue weighted by Crippen LogP contribution is -2.62. The molecule has 0 bridgehead atoms. The zero-order valence-corrected chi connectivity index (χ0v) is 16.6. The number of hydrogen-bond donors (Lipinski definition) is 3. The molecule has 10 heteroatoms. The van der Waals surface area contributed by atoms with Gasteiger partial charge in [0.2, 0.25) is 11.8 Å². The van der Waals surface area contributed by atoms with Gasteiger partial charge in [0.1, 0.15) is 6.17 Å². The van der Waals surface area contributed by atoms with Crippen molar-refractivity contribution in [1.29, 1.82) is 0 Å². The topological polar surface area (TPSA) is 79.5 Å². The summed E-state index contributed by atoms with van der Waals surface area (Å²) in [5.74, 6) is -0.601. The predicted molar refractivity (Wildman–Crippen MR) is 99.4 cm³/mol. The summed E-state index contributed by atoms with van der Waals surface area (Å²) in [7, 11) is 1.49. The van der Waals surface area contributed by atoms with Gasteiger partial charge in [0.15, 0.2) is 0 Å². The molecule has 1 saturated heterocycles. The first kappa shape index (κ1) is 22.5. The Labute approximate surface area is 166 Å². The van der Waals surface area contributed by atoms with Crippen LogP contribution in [0.1, 0.15) is 31.9 Å². The van der Waals surface area contributed by atoms with Crippen LogP contribution in [0, 0.1) is 5.92 Å². The molecule has 1 aromatic carbocycles. The molecule has 3 atom stereocenters. The maximum atomic E-state index is 12.7. The van der Waals surface area contributed by atoms with Crippen LogP contribution in [0.5, 0.6) is 0 Å². The van der Waals surface area contributed by atoms with Gasteiger partial charge >= 0.3 is 5.51 Å². The van der Waals surface area contributed by atoms with E-state index in [-0.39, 0.29) is 47.4 Å². The van der Waals surface area contributed by atoms with E-state index >= 15 is 0 Å². The maximum absolute atomic E-state index is 12.7. The third-order valence-corrected chi connectivity index (χ3v) is 4.95. The first-order chi connectivity index (χ1) is 13.1. The first-order valence-electron chi connectivity index (χ1n) is 8.79. The highest BCUT2D eigenvalue weighted by Gasteiger charge is 2.32. The molecule has 2 amide bonds. The zero-order chi connectivity index (χ0) is 20.9. The van der Waals surface area contributed by atoms with Crippen molar-refractivity contribution in [3.05, 3.63) is 29.8 Å². The van der Waals surface area contributed by atoms with Gasteiger partial charge in [0, 0.05) is 12.0 Å². The van der Waals surface area contributed by atoms with Gasteiger partial charge in [-0.25, -0.2) is 0 Å². The van der Waals surface area contributed by atoms with Crippen molar-refractivity contribution < 1.29 is 27.5 Å². The maximum Gasteiger partial charge on any atom is 0.446 e. The Bertz CT molecular complexity index is 683. The standard InChI is InChI=1S/C18H24F3N3O3S/c1-10(2)16(11-4-6-12(7-5-11)28-18(19,20)21)24-17(26)13-8-15(25)23-14(22-13)9-27-3/h4-7,10,13-14,16,22H,8-9H2,1-3H3,(H,23,25)(H,24,26)/t13?,14?,16-/m1/s1. The van der Waals surface area contributed by atoms with E-state index in [2.05, 4.69) is 16.0 Å². The molecule has 6 nitrogen and oxygen atoms in total. The lowest BCUT2D eigenvalue weighted by atomic mass is 9.95. The van der Waals surface area contributed by atoms with Gasteiger partial charge in [-0.1, -0.05) is 26.0 Å². The van der Waals surface area contributed by atoms with Crippen molar-refractivity contribution >= 4 is 23.6 Å². The van der Waals surface area contributed by atoms with Crippen LogP contribution < -0.4 is 16.0 Å². The number of halogens is 3. The van der Waals surface area contributed by atoms with E-state index < -0.39 is 23.8 Å². The quantitative estimate of drug-likeness (QED) is 0.592. The number of alkyl halides is 3. The average molecular weight is 419 g/mol. The highest BCUT2D eigenvalue weighted by Crippen LogP contribution is 2.37. The summed E-state index contributed by atoms with van der Waals surface area (Å²) in [5, 5.41) is 8.61. The minimum atomic E-state index is -4.35. The van der Waals surface area contributed by atoms with E-state index in [0.29, 0.717) is 5.56 Å². The number of ether oxygens (including phenoxy) is 1. The summed E-state index contributed by atoms with van der Waals surface area (Å²) in [5.41, 5.74) is -3.65. The molecule has 1 aliphatic rings. The van der Waals surface area contributed by atoms with Gasteiger partial charge in [-0.05, 0) is 35.4 Å². The number of hydrogen-bond acceptors (Lipinski definition) is 5. The molecule has 0 spiro atoms. The molecule has 2 rings (SSSR count). The number of rotatable bonds is 7. The van der Waals surface area contributed by atoms with Crippen LogP contribution in [0.4, 0.5) is 13.2 Å². The largest absolute Gasteiger partial charge is 0.446 e. The molecule has 28 heavy (non-hydrogen) atoms. The highest BCUT2D eigenvalue weighted by molar-refractivity contribution is 8.00. The van der Waals surface area contributed by atoms with Crippen molar-refractivity contribution in [2.75, 3.05) is 13.7 Å². The summed E-state index contributed by atoms with van der Waals surface area (Å²) in [4.78, 5) is 24.6. The van der Waals surface area contributed by atoms with Crippen molar-refractivity contribution in [2.45, 2.75) is 48.9 Å². The number of benzene rings is 1. The second-order valence-corrected chi connectivity index (χ2v) is 7.98. The molecule has 1 aliphatic heterocycles. The number of thioether (sulfide) groups is 1. The smallest absolute Gasteiger partial charge is 0.381 e. The van der Waals surface area contributed by atoms with Gasteiger partial charge in [-0.15, -0.1) is 0 Å². The van der Waals surface area contributed by atoms with Gasteiger partial charge < -0.3 is 15.4 Å². The van der Waals surface area contributed by atoms with E-state index in [4.69, 9.17) is 4.74 Å². The zero-order valence-electron chi connectivity index (χ0n) is 15.8. The molecule has 1 heterocycles. The van der Waals surface area contributed by atoms with E-state index in [1.807, 2.05) is 13.8 Å². The minimum absolute atomic E-state index is 0.00196. The van der Waals surface area contributed by atoms with Crippen LogP contribution in [0.25, 0.3) is 0 Å². The van der Waals surface area contributed by atoms with Gasteiger partial charge in [-0.3, -0.25) is 14.9 Å². The van der Waals surface area contributed by atoms with Crippen LogP contribution in [0.2, 0.25) is 0 Å². The van der Waals surface area contributed by atoms with Gasteiger partial charge in [0.25, 0.3) is 0 Å². The molecule has 0 radical (unpaired) electrons. The Morgan fingerprint density at radius 2 is 1.96 bits per heavy atom. The number of nitrogens with one attached hydrogen (secondary N) is 3. The number of carbonyl (C=O) groups excluding carboxylic acids is 2. The second-order valence-electron chi connectivity index (χ2n) is 6.85. The van der Waals surface area contributed by atoms with Crippen LogP contribution in [-0.2, 0) is 14.3 Å². The summed E-state index contributed by atoms with van der Waals surface area (Å²) in [6.45, 7) is 4.03. The van der Waals surface area contributed by atoms with E-state index in [0.717, 1.165) is 0 Å². The first-order valence-corrected chi connectivity index (χ1v) is 9.61. The lowest BCUT2D eigenvalue weighted by Gasteiger charge is -2.32. The number of amides is 2. The van der Waals surface area contributed by atoms with Crippen molar-refractivity contribution in [2.24, 2.45) is 5.92 Å². The number of carbonyl (C=O) groups is 2. The fraction of sp³-hybridized carbons (Fsp3) is 0.556. The molecular weight excluding hydrogens is 395 g/mol. The summed E-state index contributed by atoms with van der Waals surface area (Å²) in [6.07, 6.45) is -0.462. The normalized spacial score (nSPS) is 21.3. The molecule has 1 aromatic rings. The van der Waals surface area contributed by atoms with Crippen LogP contribution >= 0.6 is 11.8 Å². The molecular formula is C18H24F3N3O3S. The Morgan fingerprint density at radius 3 is 2.50 bits per heavy atom. The van der Waals surface area contributed by atoms with Crippen LogP contribution in [0.3, 0.4) is 0 Å². The second kappa shape index (κ2) is 9.62. The minimum Gasteiger partial charge on any atom is -0.381 e. The van der Waals surface area contributed by atoms with Crippen molar-refractivity contribution in [1.82, 2.24) is 16.0 Å². The van der Waals surface area contributed by atoms with Crippen molar-refractivity contribution in [3.8, 4) is 0 Å². The Balaban J connectivity index is 2.07. The summed E-state index contributed by atoms with van der Waals surface area (Å²) in [6, 6.07) is 4.81. The predicted octanol–water partition coefficient (Wildman–Crippen LogP) is 2.56. The van der Waals surface area contributed by atoms with Crippen LogP contribution in [-0.4, -0.2) is 43.2 Å². The van der Waals surface area contributed by atoms with E-state index in [1.165, 1.54) is 19.2 Å². The van der Waals surface area contributed by atoms with E-state index in [1.54, 1.807) is 12.1 Å². The average Bonchev–Trinajstić information content (AvgIpc) is 2.58. The summed E-state index contributed by atoms with van der Waals surface area (Å²) < 4.78 is 42.4. The molecule has 0 aliphatic carbocycles. The molecule has 0 aromatic heterocycles.